The molecule has 5 amide bonds. The van der Waals surface area contributed by atoms with Gasteiger partial charge in [0.05, 0.1) is 46.1 Å². The van der Waals surface area contributed by atoms with Crippen molar-refractivity contribution in [2.45, 2.75) is 128 Å². The Kier molecular flexibility index (Phi) is 31.7. The minimum atomic E-state index is -2.13. The van der Waals surface area contributed by atoms with Gasteiger partial charge in [-0.1, -0.05) is 96.0 Å². The Morgan fingerprint density at radius 2 is 0.885 bits per heavy atom. The van der Waals surface area contributed by atoms with E-state index in [1.165, 1.54) is 23.0 Å². The first-order valence-corrected chi connectivity index (χ1v) is 30.8. The number of nitrogens with one attached hydrogen (secondary N) is 5. The van der Waals surface area contributed by atoms with E-state index in [9.17, 15) is 47.9 Å². The number of ether oxygens (including phenoxy) is 4. The maximum atomic E-state index is 13.6. The van der Waals surface area contributed by atoms with Crippen LogP contribution in [0, 0.1) is 0 Å². The molecule has 19 nitrogen and oxygen atoms in total. The Morgan fingerprint density at radius 1 is 0.474 bits per heavy atom. The first-order valence-electron chi connectivity index (χ1n) is 26.4. The summed E-state index contributed by atoms with van der Waals surface area (Å²) in [5, 5.41) is 16.7. The van der Waals surface area contributed by atoms with Gasteiger partial charge in [-0.15, -0.1) is 0 Å². The van der Waals surface area contributed by atoms with Crippen molar-refractivity contribution in [2.75, 3.05) is 51.6 Å². The first-order chi connectivity index (χ1) is 37.6. The molecule has 5 N–H and O–H groups in total. The van der Waals surface area contributed by atoms with Crippen molar-refractivity contribution in [1.29, 1.82) is 0 Å². The van der Waals surface area contributed by atoms with Crippen molar-refractivity contribution >= 4 is 104 Å². The van der Waals surface area contributed by atoms with Crippen LogP contribution in [0.4, 0.5) is 0 Å². The summed E-state index contributed by atoms with van der Waals surface area (Å²) in [6.45, 7) is 4.89. The van der Waals surface area contributed by atoms with Crippen molar-refractivity contribution in [1.82, 2.24) is 26.6 Å². The average Bonchev–Trinajstić information content (AvgIpc) is 3.47. The van der Waals surface area contributed by atoms with Crippen LogP contribution in [0.1, 0.15) is 104 Å². The number of carbonyl (C=O) groups is 10. The highest BCUT2D eigenvalue weighted by atomic mass is 33.1. The molecule has 3 aromatic rings. The van der Waals surface area contributed by atoms with Gasteiger partial charge < -0.3 is 45.5 Å². The molecule has 0 bridgehead atoms. The summed E-state index contributed by atoms with van der Waals surface area (Å²) in [5.41, 5.74) is 0. The van der Waals surface area contributed by atoms with Gasteiger partial charge in [-0.2, -0.15) is 0 Å². The fourth-order valence-corrected chi connectivity index (χ4v) is 15.0. The third-order valence-electron chi connectivity index (χ3n) is 12.2. The fraction of sp³-hybridized carbons (Fsp3) is 0.500. The van der Waals surface area contributed by atoms with Gasteiger partial charge in [0, 0.05) is 43.6 Å². The van der Waals surface area contributed by atoms with E-state index in [1.807, 2.05) is 61.5 Å². The summed E-state index contributed by atoms with van der Waals surface area (Å²) < 4.78 is 19.7. The van der Waals surface area contributed by atoms with Gasteiger partial charge in [0.15, 0.2) is 5.78 Å². The van der Waals surface area contributed by atoms with Gasteiger partial charge >= 0.3 is 23.9 Å². The van der Waals surface area contributed by atoms with Crippen LogP contribution in [0.25, 0.3) is 0 Å². The van der Waals surface area contributed by atoms with Gasteiger partial charge in [-0.3, -0.25) is 38.4 Å². The molecule has 0 radical (unpaired) electrons. The number of carbonyl (C=O) groups excluding carboxylic acids is 10. The number of esters is 4. The molecule has 4 atom stereocenters. The van der Waals surface area contributed by atoms with Crippen molar-refractivity contribution < 1.29 is 66.9 Å². The number of methoxy groups -OCH3 is 2. The number of hydrogen-bond donors (Lipinski definition) is 5. The summed E-state index contributed by atoms with van der Waals surface area (Å²) in [6, 6.07) is 26.5. The fourth-order valence-electron chi connectivity index (χ4n) is 8.21. The van der Waals surface area contributed by atoms with Gasteiger partial charge in [0.1, 0.15) is 47.8 Å². The summed E-state index contributed by atoms with van der Waals surface area (Å²) in [4.78, 5) is 129. The molecule has 426 valence electrons. The molecule has 3 rings (SSSR count). The van der Waals surface area contributed by atoms with Gasteiger partial charge in [0.2, 0.25) is 29.5 Å². The summed E-state index contributed by atoms with van der Waals surface area (Å²) >= 11 is 0. The smallest absolute Gasteiger partial charge is 0.328 e. The quantitative estimate of drug-likeness (QED) is 0.0173. The van der Waals surface area contributed by atoms with Gasteiger partial charge in [0.25, 0.3) is 0 Å². The molecule has 3 aromatic carbocycles. The minimum absolute atomic E-state index is 0.0680. The normalized spacial score (nSPS) is 12.5. The van der Waals surface area contributed by atoms with E-state index in [4.69, 9.17) is 18.9 Å². The topological polar surface area (TPSA) is 268 Å². The van der Waals surface area contributed by atoms with Crippen molar-refractivity contribution in [3.05, 3.63) is 91.0 Å². The highest BCUT2D eigenvalue weighted by molar-refractivity contribution is 8.76. The maximum absolute atomic E-state index is 13.6. The molecule has 78 heavy (non-hydrogen) atoms. The minimum Gasteiger partial charge on any atom is -0.467 e. The third kappa shape index (κ3) is 23.7. The lowest BCUT2D eigenvalue weighted by molar-refractivity contribution is -0.146. The molecule has 0 saturated heterocycles. The molecule has 0 spiro atoms. The van der Waals surface area contributed by atoms with Crippen LogP contribution in [-0.2, 0) is 66.9 Å². The number of ketones is 1. The van der Waals surface area contributed by atoms with Crippen LogP contribution in [0.3, 0.4) is 0 Å². The molecular formula is C56H77N5O14PS2+. The molecule has 0 unspecified atom stereocenters. The van der Waals surface area contributed by atoms with Crippen molar-refractivity contribution in [2.24, 2.45) is 0 Å². The summed E-state index contributed by atoms with van der Waals surface area (Å²) in [6.07, 6.45) is 3.22. The highest BCUT2D eigenvalue weighted by Gasteiger charge is 2.44. The molecule has 22 heteroatoms. The largest absolute Gasteiger partial charge is 0.467 e. The maximum Gasteiger partial charge on any atom is 0.328 e. The molecule has 0 aliphatic carbocycles. The van der Waals surface area contributed by atoms with Gasteiger partial charge in [-0.25, -0.2) is 9.59 Å². The molecule has 0 fully saturated rings. The second-order valence-electron chi connectivity index (χ2n) is 17.9. The van der Waals surface area contributed by atoms with Crippen LogP contribution in [-0.4, -0.2) is 135 Å². The monoisotopic (exact) mass is 1140 g/mol. The Hall–Kier alpha value is -6.31. The summed E-state index contributed by atoms with van der Waals surface area (Å²) in [5.74, 6) is -6.30. The predicted molar refractivity (Wildman–Crippen MR) is 304 cm³/mol. The van der Waals surface area contributed by atoms with E-state index >= 15 is 0 Å². The van der Waals surface area contributed by atoms with Crippen LogP contribution in [0.5, 0.6) is 0 Å². The number of rotatable bonds is 38. The van der Waals surface area contributed by atoms with Crippen molar-refractivity contribution in [3.63, 3.8) is 0 Å². The van der Waals surface area contributed by atoms with E-state index in [-0.39, 0.29) is 82.0 Å². The van der Waals surface area contributed by atoms with E-state index in [1.54, 1.807) is 13.8 Å². The van der Waals surface area contributed by atoms with Crippen LogP contribution in [0.15, 0.2) is 91.0 Å². The first kappa shape index (κ1) is 66.0. The number of hydrogen-bond acceptors (Lipinski definition) is 16. The number of amides is 5. The number of Topliss-reactive ketones (excluding diaryl/α,β-unsaturated/α-hetero) is 1. The molecule has 0 saturated carbocycles. The zero-order valence-electron chi connectivity index (χ0n) is 45.4. The average molecular weight is 1140 g/mol. The molecule has 0 aromatic heterocycles. The Morgan fingerprint density at radius 3 is 1.33 bits per heavy atom. The SMILES string of the molecule is CCCCCC(=O)N[C@@H](CCC(=O)N[C@@H](CSSC[C@H](NC(=O)CC[C@H](NC(=O)CCCC[P+](c1ccccc1)(c1ccccc1)c1ccccc1)C(=O)OC)C(=O)CCC(=O)OCC)C(=O)NCC(=O)OCC)C(=O)OC. The van der Waals surface area contributed by atoms with Crippen LogP contribution >= 0.6 is 28.9 Å². The van der Waals surface area contributed by atoms with Gasteiger partial charge in [-0.05, 0) is 82.3 Å². The third-order valence-corrected chi connectivity index (χ3v) is 19.2. The van der Waals surface area contributed by atoms with Crippen molar-refractivity contribution in [3.8, 4) is 0 Å². The van der Waals surface area contributed by atoms with E-state index in [2.05, 4.69) is 63.0 Å². The predicted octanol–water partition coefficient (Wildman–Crippen LogP) is 4.55. The van der Waals surface area contributed by atoms with E-state index in [0.717, 1.165) is 47.7 Å². The van der Waals surface area contributed by atoms with E-state index < -0.39 is 91.3 Å². The second-order valence-corrected chi connectivity index (χ2v) is 24.1. The molecule has 0 heterocycles. The summed E-state index contributed by atoms with van der Waals surface area (Å²) in [7, 11) is 2.34. The Bertz CT molecular complexity index is 2290. The zero-order chi connectivity index (χ0) is 57.1. The molecule has 0 aliphatic heterocycles. The zero-order valence-corrected chi connectivity index (χ0v) is 47.9. The molecular weight excluding hydrogens is 1060 g/mol. The molecule has 0 aliphatic rings. The lowest BCUT2D eigenvalue weighted by Crippen LogP contribution is -2.50. The Labute approximate surface area is 466 Å². The van der Waals surface area contributed by atoms with Crippen LogP contribution in [0.2, 0.25) is 0 Å². The lowest BCUT2D eigenvalue weighted by atomic mass is 10.1. The second kappa shape index (κ2) is 37.5. The highest BCUT2D eigenvalue weighted by Crippen LogP contribution is 2.56. The Balaban J connectivity index is 1.67. The number of unbranched alkanes of at least 4 members (excludes halogenated alkanes) is 3. The number of benzene rings is 3. The van der Waals surface area contributed by atoms with Crippen LogP contribution < -0.4 is 42.5 Å². The standard InChI is InChI=1S/C56H76N5O14PS2/c1-6-9-13-28-48(63)58-44(56(71)73-5)31-34-51(66)61-46(54(69)57-37-53(68)75-8-3)39-78-77-38-45(47(62)32-35-52(67)74-7-2)60-50(65)33-30-43(55(70)72-4)59-49(64)29-20-21-36-76(40-22-14-10-15-23-40,41-24-16-11-17-25-41)42-26-18-12-19-27-42/h10-12,14-19,22-27,43-46H,6-9,13,20-21,28-39H2,1-5H3,(H4-,57,58,59,60,61,63,64,65,66,69)/p+1/t43-,44-,45-,46-/m0/s1. The lowest BCUT2D eigenvalue weighted by Gasteiger charge is -2.27. The van der Waals surface area contributed by atoms with E-state index in [0.29, 0.717) is 19.3 Å².